The van der Waals surface area contributed by atoms with Gasteiger partial charge in [0.15, 0.2) is 0 Å². The van der Waals surface area contributed by atoms with Crippen molar-refractivity contribution in [3.63, 3.8) is 0 Å². The average Bonchev–Trinajstić information content (AvgIpc) is 2.47. The second-order valence-electron chi connectivity index (χ2n) is 4.24. The molecule has 0 aliphatic heterocycles. The van der Waals surface area contributed by atoms with E-state index in [-0.39, 0.29) is 17.3 Å². The molecule has 0 spiro atoms. The minimum absolute atomic E-state index is 0.113. The van der Waals surface area contributed by atoms with E-state index < -0.39 is 4.92 Å². The molecule has 2 aromatic carbocycles. The van der Waals surface area contributed by atoms with Crippen molar-refractivity contribution in [2.75, 3.05) is 6.61 Å². The largest absolute Gasteiger partial charge is 0.494 e. The maximum absolute atomic E-state index is 10.8. The number of ether oxygens (including phenoxy) is 2. The summed E-state index contributed by atoms with van der Waals surface area (Å²) in [5, 5.41) is 10.9. The number of rotatable bonds is 6. The average molecular weight is 308 g/mol. The first-order valence-corrected chi connectivity index (χ1v) is 6.76. The number of hydrogen-bond acceptors (Lipinski definition) is 4. The van der Waals surface area contributed by atoms with Gasteiger partial charge in [0.1, 0.15) is 23.1 Å². The molecule has 6 heteroatoms. The Morgan fingerprint density at radius 3 is 2.52 bits per heavy atom. The molecule has 0 radical (unpaired) electrons. The highest BCUT2D eigenvalue weighted by molar-refractivity contribution is 6.32. The normalized spacial score (nSPS) is 10.2. The number of hydrogen-bond donors (Lipinski definition) is 0. The van der Waals surface area contributed by atoms with Crippen LogP contribution in [-0.2, 0) is 6.61 Å². The third kappa shape index (κ3) is 4.10. The number of halogens is 1. The van der Waals surface area contributed by atoms with Crippen LogP contribution in [-0.4, -0.2) is 11.5 Å². The lowest BCUT2D eigenvalue weighted by atomic mass is 10.2. The SMILES string of the molecule is CCOc1cccc(OCc2ccc(Cl)c([N+](=O)[O-])c2)c1. The Balaban J connectivity index is 2.07. The van der Waals surface area contributed by atoms with Gasteiger partial charge in [0, 0.05) is 12.1 Å². The molecule has 0 heterocycles. The fraction of sp³-hybridized carbons (Fsp3) is 0.200. The number of nitrogens with zero attached hydrogens (tertiary/aromatic N) is 1. The molecule has 2 aromatic rings. The highest BCUT2D eigenvalue weighted by Gasteiger charge is 2.12. The van der Waals surface area contributed by atoms with E-state index in [4.69, 9.17) is 21.1 Å². The van der Waals surface area contributed by atoms with Gasteiger partial charge in [0.05, 0.1) is 11.5 Å². The van der Waals surface area contributed by atoms with Gasteiger partial charge in [-0.1, -0.05) is 23.7 Å². The Labute approximate surface area is 127 Å². The predicted molar refractivity (Wildman–Crippen MR) is 80.0 cm³/mol. The Morgan fingerprint density at radius 1 is 1.14 bits per heavy atom. The third-order valence-corrected chi connectivity index (χ3v) is 3.05. The van der Waals surface area contributed by atoms with Crippen LogP contribution in [0, 0.1) is 10.1 Å². The molecule has 110 valence electrons. The van der Waals surface area contributed by atoms with Crippen molar-refractivity contribution in [3.05, 3.63) is 63.2 Å². The zero-order valence-corrected chi connectivity index (χ0v) is 12.2. The Morgan fingerprint density at radius 2 is 1.86 bits per heavy atom. The molecular formula is C15H14ClNO4. The molecule has 0 aliphatic rings. The molecule has 0 bridgehead atoms. The summed E-state index contributed by atoms with van der Waals surface area (Å²) in [5.41, 5.74) is 0.550. The van der Waals surface area contributed by atoms with Crippen LogP contribution in [0.15, 0.2) is 42.5 Å². The fourth-order valence-electron chi connectivity index (χ4n) is 1.78. The highest BCUT2D eigenvalue weighted by Crippen LogP contribution is 2.26. The molecule has 0 fully saturated rings. The molecule has 0 amide bonds. The second-order valence-corrected chi connectivity index (χ2v) is 4.65. The van der Waals surface area contributed by atoms with Crippen LogP contribution in [0.3, 0.4) is 0 Å². The topological polar surface area (TPSA) is 61.6 Å². The summed E-state index contributed by atoms with van der Waals surface area (Å²) in [6, 6.07) is 11.8. The van der Waals surface area contributed by atoms with Crippen molar-refractivity contribution in [2.45, 2.75) is 13.5 Å². The Hall–Kier alpha value is -2.27. The number of nitro benzene ring substituents is 1. The van der Waals surface area contributed by atoms with E-state index in [1.165, 1.54) is 12.1 Å². The lowest BCUT2D eigenvalue weighted by Gasteiger charge is -2.08. The van der Waals surface area contributed by atoms with Crippen molar-refractivity contribution in [3.8, 4) is 11.5 Å². The lowest BCUT2D eigenvalue weighted by Crippen LogP contribution is -1.98. The first-order chi connectivity index (χ1) is 10.1. The van der Waals surface area contributed by atoms with Crippen molar-refractivity contribution in [2.24, 2.45) is 0 Å². The van der Waals surface area contributed by atoms with Gasteiger partial charge >= 0.3 is 0 Å². The minimum atomic E-state index is -0.512. The monoisotopic (exact) mass is 307 g/mol. The summed E-state index contributed by atoms with van der Waals surface area (Å²) in [6.45, 7) is 2.70. The van der Waals surface area contributed by atoms with Crippen LogP contribution in [0.2, 0.25) is 5.02 Å². The molecule has 0 saturated carbocycles. The third-order valence-electron chi connectivity index (χ3n) is 2.73. The Kier molecular flexibility index (Phi) is 5.00. The first kappa shape index (κ1) is 15.1. The van der Waals surface area contributed by atoms with Gasteiger partial charge in [0.2, 0.25) is 0 Å². The lowest BCUT2D eigenvalue weighted by molar-refractivity contribution is -0.384. The van der Waals surface area contributed by atoms with Gasteiger partial charge in [-0.05, 0) is 30.7 Å². The first-order valence-electron chi connectivity index (χ1n) is 6.38. The molecule has 0 saturated heterocycles. The quantitative estimate of drug-likeness (QED) is 0.592. The molecule has 5 nitrogen and oxygen atoms in total. The predicted octanol–water partition coefficient (Wildman–Crippen LogP) is 4.23. The number of benzene rings is 2. The molecule has 0 atom stereocenters. The van der Waals surface area contributed by atoms with Crippen LogP contribution >= 0.6 is 11.6 Å². The molecule has 0 aliphatic carbocycles. The molecule has 21 heavy (non-hydrogen) atoms. The van der Waals surface area contributed by atoms with Crippen molar-refractivity contribution in [1.82, 2.24) is 0 Å². The molecule has 0 unspecified atom stereocenters. The summed E-state index contributed by atoms with van der Waals surface area (Å²) in [6.07, 6.45) is 0. The Bertz CT molecular complexity index is 645. The van der Waals surface area contributed by atoms with E-state index in [9.17, 15) is 10.1 Å². The van der Waals surface area contributed by atoms with Crippen LogP contribution in [0.4, 0.5) is 5.69 Å². The van der Waals surface area contributed by atoms with Gasteiger partial charge < -0.3 is 9.47 Å². The molecule has 0 N–H and O–H groups in total. The molecular weight excluding hydrogens is 294 g/mol. The van der Waals surface area contributed by atoms with Crippen molar-refractivity contribution in [1.29, 1.82) is 0 Å². The zero-order chi connectivity index (χ0) is 15.2. The van der Waals surface area contributed by atoms with Crippen LogP contribution < -0.4 is 9.47 Å². The summed E-state index contributed by atoms with van der Waals surface area (Å²) in [5.74, 6) is 1.36. The summed E-state index contributed by atoms with van der Waals surface area (Å²) < 4.78 is 11.0. The van der Waals surface area contributed by atoms with Crippen LogP contribution in [0.1, 0.15) is 12.5 Å². The van der Waals surface area contributed by atoms with Crippen LogP contribution in [0.25, 0.3) is 0 Å². The number of nitro groups is 1. The standard InChI is InChI=1S/C15H14ClNO4/c1-2-20-12-4-3-5-13(9-12)21-10-11-6-7-14(16)15(8-11)17(18)19/h3-9H,2,10H2,1H3. The van der Waals surface area contributed by atoms with Gasteiger partial charge in [-0.3, -0.25) is 10.1 Å². The summed E-state index contributed by atoms with van der Waals surface area (Å²) in [7, 11) is 0. The van der Waals surface area contributed by atoms with Crippen molar-refractivity contribution < 1.29 is 14.4 Å². The highest BCUT2D eigenvalue weighted by atomic mass is 35.5. The van der Waals surface area contributed by atoms with Crippen LogP contribution in [0.5, 0.6) is 11.5 Å². The maximum Gasteiger partial charge on any atom is 0.288 e. The van der Waals surface area contributed by atoms with E-state index >= 15 is 0 Å². The van der Waals surface area contributed by atoms with Gasteiger partial charge in [-0.2, -0.15) is 0 Å². The second kappa shape index (κ2) is 6.95. The van der Waals surface area contributed by atoms with E-state index in [2.05, 4.69) is 0 Å². The van der Waals surface area contributed by atoms with Crippen molar-refractivity contribution >= 4 is 17.3 Å². The van der Waals surface area contributed by atoms with E-state index in [1.54, 1.807) is 18.2 Å². The smallest absolute Gasteiger partial charge is 0.288 e. The summed E-state index contributed by atoms with van der Waals surface area (Å²) >= 11 is 5.76. The zero-order valence-electron chi connectivity index (χ0n) is 11.4. The van der Waals surface area contributed by atoms with E-state index in [0.29, 0.717) is 17.9 Å². The fourth-order valence-corrected chi connectivity index (χ4v) is 1.96. The maximum atomic E-state index is 10.8. The van der Waals surface area contributed by atoms with Gasteiger partial charge in [-0.15, -0.1) is 0 Å². The van der Waals surface area contributed by atoms with E-state index in [0.717, 1.165) is 5.75 Å². The van der Waals surface area contributed by atoms with Gasteiger partial charge in [-0.25, -0.2) is 0 Å². The minimum Gasteiger partial charge on any atom is -0.494 e. The molecule has 0 aromatic heterocycles. The molecule has 2 rings (SSSR count). The van der Waals surface area contributed by atoms with E-state index in [1.807, 2.05) is 19.1 Å². The summed E-state index contributed by atoms with van der Waals surface area (Å²) in [4.78, 5) is 10.3. The van der Waals surface area contributed by atoms with Gasteiger partial charge in [0.25, 0.3) is 5.69 Å².